The van der Waals surface area contributed by atoms with Gasteiger partial charge >= 0.3 is 5.97 Å². The molecule has 0 aliphatic rings. The van der Waals surface area contributed by atoms with E-state index in [1.807, 2.05) is 26.0 Å². The second-order valence-electron chi connectivity index (χ2n) is 8.50. The lowest BCUT2D eigenvalue weighted by atomic mass is 9.89. The van der Waals surface area contributed by atoms with Gasteiger partial charge in [-0.2, -0.15) is 0 Å². The average Bonchev–Trinajstić information content (AvgIpc) is 2.79. The van der Waals surface area contributed by atoms with Crippen LogP contribution in [0.4, 0.5) is 4.39 Å². The first kappa shape index (κ1) is 28.5. The van der Waals surface area contributed by atoms with Gasteiger partial charge in [-0.15, -0.1) is 0 Å². The first-order valence-electron chi connectivity index (χ1n) is 11.6. The van der Waals surface area contributed by atoms with Crippen molar-refractivity contribution in [2.24, 2.45) is 0 Å². The number of carboxylic acids is 1. The highest BCUT2D eigenvalue weighted by Crippen LogP contribution is 2.36. The van der Waals surface area contributed by atoms with Gasteiger partial charge in [-0.1, -0.05) is 38.1 Å². The summed E-state index contributed by atoms with van der Waals surface area (Å²) in [6.07, 6.45) is 0.550. The molecule has 0 spiro atoms. The molecule has 0 amide bonds. The Labute approximate surface area is 205 Å². The molecule has 2 aromatic carbocycles. The maximum atomic E-state index is 13.6. The van der Waals surface area contributed by atoms with Crippen LogP contribution >= 0.6 is 0 Å². The lowest BCUT2D eigenvalue weighted by Crippen LogP contribution is -2.19. The van der Waals surface area contributed by atoms with Gasteiger partial charge < -0.3 is 29.5 Å². The molecular formula is C27H35FO7. The molecule has 8 heteroatoms. The molecule has 0 aliphatic heterocycles. The predicted molar refractivity (Wildman–Crippen MR) is 132 cm³/mol. The number of carbonyl (C=O) groups is 1. The third-order valence-electron chi connectivity index (χ3n) is 5.30. The summed E-state index contributed by atoms with van der Waals surface area (Å²) in [6.45, 7) is 5.80. The van der Waals surface area contributed by atoms with Crippen LogP contribution in [0.2, 0.25) is 0 Å². The van der Waals surface area contributed by atoms with Crippen LogP contribution in [0.1, 0.15) is 43.7 Å². The molecule has 192 valence electrons. The molecule has 0 saturated carbocycles. The lowest BCUT2D eigenvalue weighted by molar-refractivity contribution is -0.139. The molecule has 2 unspecified atom stereocenters. The summed E-state index contributed by atoms with van der Waals surface area (Å²) in [4.78, 5) is 10.8. The topological polar surface area (TPSA) is 105 Å². The van der Waals surface area contributed by atoms with Crippen molar-refractivity contribution in [1.82, 2.24) is 0 Å². The minimum absolute atomic E-state index is 0.101. The smallest absolute Gasteiger partial charge is 0.305 e. The van der Waals surface area contributed by atoms with Crippen molar-refractivity contribution in [2.75, 3.05) is 33.5 Å². The van der Waals surface area contributed by atoms with E-state index in [4.69, 9.17) is 19.3 Å². The number of methoxy groups -OCH3 is 1. The second-order valence-corrected chi connectivity index (χ2v) is 8.50. The highest BCUT2D eigenvalue weighted by Gasteiger charge is 2.17. The van der Waals surface area contributed by atoms with Crippen molar-refractivity contribution in [2.45, 2.75) is 44.8 Å². The number of hydrogen-bond donors (Lipinski definition) is 3. The highest BCUT2D eigenvalue weighted by atomic mass is 19.1. The zero-order valence-electron chi connectivity index (χ0n) is 20.4. The van der Waals surface area contributed by atoms with Gasteiger partial charge in [-0.3, -0.25) is 4.79 Å². The van der Waals surface area contributed by atoms with Crippen molar-refractivity contribution in [1.29, 1.82) is 0 Å². The Morgan fingerprint density at radius 1 is 1.06 bits per heavy atom. The first-order valence-corrected chi connectivity index (χ1v) is 11.6. The number of carboxylic acid groups (broad SMARTS) is 1. The Hall–Kier alpha value is -2.78. The van der Waals surface area contributed by atoms with E-state index in [0.717, 1.165) is 22.3 Å². The van der Waals surface area contributed by atoms with E-state index in [0.29, 0.717) is 32.2 Å². The predicted octanol–water partition coefficient (Wildman–Crippen LogP) is 4.26. The van der Waals surface area contributed by atoms with Gasteiger partial charge in [0.15, 0.2) is 0 Å². The number of aliphatic hydroxyl groups is 2. The normalized spacial score (nSPS) is 13.3. The van der Waals surface area contributed by atoms with E-state index < -0.39 is 24.6 Å². The number of ether oxygens (including phenoxy) is 3. The number of aliphatic carboxylic acids is 1. The summed E-state index contributed by atoms with van der Waals surface area (Å²) >= 11 is 0. The zero-order valence-corrected chi connectivity index (χ0v) is 20.4. The fourth-order valence-electron chi connectivity index (χ4n) is 3.58. The third kappa shape index (κ3) is 9.78. The second kappa shape index (κ2) is 14.6. The van der Waals surface area contributed by atoms with Gasteiger partial charge in [0, 0.05) is 13.5 Å². The standard InChI is InChI=1S/C27H35FO7/c1-18(2)25-16-23(35-13-12-34-11-10-33-3)17-26(19-4-6-20(28)7-5-19)24(25)9-8-21(29)14-22(30)15-27(31)32/h4-9,16-18,21-22,29-30H,10-15H2,1-3H3,(H,31,32)/b9-8+. The highest BCUT2D eigenvalue weighted by molar-refractivity contribution is 5.79. The first-order chi connectivity index (χ1) is 16.7. The molecule has 35 heavy (non-hydrogen) atoms. The molecule has 2 atom stereocenters. The summed E-state index contributed by atoms with van der Waals surface area (Å²) in [5, 5.41) is 29.0. The van der Waals surface area contributed by atoms with E-state index in [1.165, 1.54) is 18.2 Å². The van der Waals surface area contributed by atoms with Crippen molar-refractivity contribution in [3.63, 3.8) is 0 Å². The van der Waals surface area contributed by atoms with Crippen LogP contribution in [0.5, 0.6) is 5.75 Å². The lowest BCUT2D eigenvalue weighted by Gasteiger charge is -2.19. The minimum atomic E-state index is -1.16. The van der Waals surface area contributed by atoms with Crippen LogP contribution < -0.4 is 4.74 Å². The van der Waals surface area contributed by atoms with E-state index in [2.05, 4.69) is 0 Å². The van der Waals surface area contributed by atoms with Crippen LogP contribution in [0, 0.1) is 5.82 Å². The van der Waals surface area contributed by atoms with Crippen LogP contribution in [-0.4, -0.2) is 67.0 Å². The van der Waals surface area contributed by atoms with Crippen LogP contribution in [0.15, 0.2) is 42.5 Å². The Kier molecular flexibility index (Phi) is 11.9. The molecule has 0 aliphatic carbocycles. The molecular weight excluding hydrogens is 455 g/mol. The summed E-state index contributed by atoms with van der Waals surface area (Å²) in [5.41, 5.74) is 3.34. The van der Waals surface area contributed by atoms with Crippen molar-refractivity contribution < 1.29 is 38.7 Å². The fraction of sp³-hybridized carbons (Fsp3) is 0.444. The number of rotatable bonds is 15. The molecule has 0 fully saturated rings. The number of benzene rings is 2. The quantitative estimate of drug-likeness (QED) is 0.321. The Bertz CT molecular complexity index is 957. The fourth-order valence-corrected chi connectivity index (χ4v) is 3.58. The maximum absolute atomic E-state index is 13.6. The zero-order chi connectivity index (χ0) is 25.8. The molecule has 0 saturated heterocycles. The van der Waals surface area contributed by atoms with Crippen LogP contribution in [-0.2, 0) is 14.3 Å². The van der Waals surface area contributed by atoms with Gasteiger partial charge in [0.2, 0.25) is 0 Å². The number of hydrogen-bond acceptors (Lipinski definition) is 6. The molecule has 7 nitrogen and oxygen atoms in total. The van der Waals surface area contributed by atoms with Gasteiger partial charge in [0.1, 0.15) is 18.2 Å². The van der Waals surface area contributed by atoms with E-state index in [9.17, 15) is 19.4 Å². The van der Waals surface area contributed by atoms with Crippen molar-refractivity contribution in [3.8, 4) is 16.9 Å². The Balaban J connectivity index is 2.35. The molecule has 2 rings (SSSR count). The Morgan fingerprint density at radius 2 is 1.74 bits per heavy atom. The number of aliphatic hydroxyl groups excluding tert-OH is 2. The molecule has 0 aromatic heterocycles. The van der Waals surface area contributed by atoms with E-state index in [-0.39, 0.29) is 18.2 Å². The van der Waals surface area contributed by atoms with Gasteiger partial charge in [0.25, 0.3) is 0 Å². The van der Waals surface area contributed by atoms with Crippen molar-refractivity contribution in [3.05, 3.63) is 59.4 Å². The van der Waals surface area contributed by atoms with Gasteiger partial charge in [-0.25, -0.2) is 4.39 Å². The number of halogens is 1. The maximum Gasteiger partial charge on any atom is 0.305 e. The summed E-state index contributed by atoms with van der Waals surface area (Å²) in [6, 6.07) is 9.91. The molecule has 0 radical (unpaired) electrons. The SMILES string of the molecule is COCCOCCOc1cc(-c2ccc(F)cc2)c(/C=C/C(O)CC(O)CC(=O)O)c(C(C)C)c1. The van der Waals surface area contributed by atoms with E-state index in [1.54, 1.807) is 25.3 Å². The largest absolute Gasteiger partial charge is 0.491 e. The summed E-state index contributed by atoms with van der Waals surface area (Å²) < 4.78 is 29.9. The summed E-state index contributed by atoms with van der Waals surface area (Å²) in [7, 11) is 1.61. The average molecular weight is 491 g/mol. The van der Waals surface area contributed by atoms with Crippen molar-refractivity contribution >= 4 is 12.0 Å². The third-order valence-corrected chi connectivity index (χ3v) is 5.30. The molecule has 0 heterocycles. The van der Waals surface area contributed by atoms with Gasteiger partial charge in [0.05, 0.1) is 38.4 Å². The monoisotopic (exact) mass is 490 g/mol. The van der Waals surface area contributed by atoms with Gasteiger partial charge in [-0.05, 0) is 52.4 Å². The van der Waals surface area contributed by atoms with E-state index >= 15 is 0 Å². The van der Waals surface area contributed by atoms with Crippen LogP contribution in [0.3, 0.4) is 0 Å². The molecule has 3 N–H and O–H groups in total. The molecule has 0 bridgehead atoms. The summed E-state index contributed by atoms with van der Waals surface area (Å²) in [5.74, 6) is -0.740. The van der Waals surface area contributed by atoms with Crippen LogP contribution in [0.25, 0.3) is 17.2 Å². The Morgan fingerprint density at radius 3 is 2.37 bits per heavy atom. The molecule has 2 aromatic rings. The minimum Gasteiger partial charge on any atom is -0.491 e.